The van der Waals surface area contributed by atoms with E-state index in [0.29, 0.717) is 11.3 Å². The van der Waals surface area contributed by atoms with Crippen LogP contribution in [0, 0.1) is 10.1 Å². The fourth-order valence-corrected chi connectivity index (χ4v) is 2.25. The molecule has 0 saturated heterocycles. The molecular weight excluding hydrogens is 356 g/mol. The Balaban J connectivity index is 2.04. The molecule has 27 heavy (non-hydrogen) atoms. The Labute approximate surface area is 154 Å². The number of hydrogen-bond acceptors (Lipinski definition) is 7. The van der Waals surface area contributed by atoms with Gasteiger partial charge >= 0.3 is 5.97 Å². The van der Waals surface area contributed by atoms with E-state index in [1.165, 1.54) is 25.3 Å². The number of ether oxygens (including phenoxy) is 2. The number of esters is 1. The number of benzene rings is 2. The second kappa shape index (κ2) is 9.30. The van der Waals surface area contributed by atoms with Crippen LogP contribution >= 0.6 is 0 Å². The van der Waals surface area contributed by atoms with Gasteiger partial charge in [0.05, 0.1) is 18.6 Å². The lowest BCUT2D eigenvalue weighted by Gasteiger charge is -2.16. The Morgan fingerprint density at radius 1 is 1.22 bits per heavy atom. The second-order valence-electron chi connectivity index (χ2n) is 5.44. The molecule has 2 aromatic carbocycles. The molecule has 0 aliphatic heterocycles. The summed E-state index contributed by atoms with van der Waals surface area (Å²) >= 11 is 0. The standard InChI is InChI=1S/C18H18N2O7/c1-26-16-8-7-14(20(24)25)9-13(16)11-27-18(23)15(10-21)19-17(22)12-5-3-2-4-6-12/h2-9,15,21H,10-11H2,1H3,(H,19,22). The summed E-state index contributed by atoms with van der Waals surface area (Å²) in [6.45, 7) is -0.981. The zero-order valence-electron chi connectivity index (χ0n) is 14.5. The first kappa shape index (κ1) is 19.9. The average Bonchev–Trinajstić information content (AvgIpc) is 2.70. The molecule has 0 radical (unpaired) electrons. The van der Waals surface area contributed by atoms with Gasteiger partial charge in [0, 0.05) is 23.3 Å². The number of methoxy groups -OCH3 is 1. The van der Waals surface area contributed by atoms with Crippen LogP contribution in [-0.2, 0) is 16.1 Å². The van der Waals surface area contributed by atoms with Crippen molar-refractivity contribution in [3.63, 3.8) is 0 Å². The van der Waals surface area contributed by atoms with Gasteiger partial charge < -0.3 is 19.9 Å². The largest absolute Gasteiger partial charge is 0.496 e. The van der Waals surface area contributed by atoms with E-state index in [-0.39, 0.29) is 17.9 Å². The number of nitro benzene ring substituents is 1. The minimum atomic E-state index is -1.28. The smallest absolute Gasteiger partial charge is 0.331 e. The summed E-state index contributed by atoms with van der Waals surface area (Å²) in [5, 5.41) is 22.6. The molecule has 0 bridgehead atoms. The molecule has 0 fully saturated rings. The Bertz CT molecular complexity index is 824. The van der Waals surface area contributed by atoms with E-state index < -0.39 is 29.4 Å². The first-order chi connectivity index (χ1) is 13.0. The van der Waals surface area contributed by atoms with Gasteiger partial charge in [-0.05, 0) is 18.2 Å². The Morgan fingerprint density at radius 2 is 1.93 bits per heavy atom. The van der Waals surface area contributed by atoms with Crippen LogP contribution in [0.1, 0.15) is 15.9 Å². The highest BCUT2D eigenvalue weighted by atomic mass is 16.6. The molecule has 0 aliphatic carbocycles. The minimum absolute atomic E-state index is 0.182. The van der Waals surface area contributed by atoms with Crippen molar-refractivity contribution in [1.29, 1.82) is 0 Å². The van der Waals surface area contributed by atoms with E-state index in [1.54, 1.807) is 30.3 Å². The maximum absolute atomic E-state index is 12.2. The van der Waals surface area contributed by atoms with Crippen LogP contribution in [0.5, 0.6) is 5.75 Å². The molecular formula is C18H18N2O7. The number of nitrogens with one attached hydrogen (secondary N) is 1. The van der Waals surface area contributed by atoms with Crippen LogP contribution in [-0.4, -0.2) is 41.7 Å². The predicted molar refractivity (Wildman–Crippen MR) is 94.2 cm³/mol. The molecule has 9 nitrogen and oxygen atoms in total. The van der Waals surface area contributed by atoms with Crippen molar-refractivity contribution in [2.45, 2.75) is 12.6 Å². The van der Waals surface area contributed by atoms with E-state index in [2.05, 4.69) is 5.32 Å². The maximum atomic E-state index is 12.2. The lowest BCUT2D eigenvalue weighted by atomic mass is 10.2. The Hall–Kier alpha value is -3.46. The van der Waals surface area contributed by atoms with Crippen LogP contribution in [0.2, 0.25) is 0 Å². The van der Waals surface area contributed by atoms with Crippen molar-refractivity contribution in [2.75, 3.05) is 13.7 Å². The highest BCUT2D eigenvalue weighted by Crippen LogP contribution is 2.24. The van der Waals surface area contributed by atoms with Crippen LogP contribution in [0.3, 0.4) is 0 Å². The third-order valence-electron chi connectivity index (χ3n) is 3.65. The first-order valence-corrected chi connectivity index (χ1v) is 7.91. The van der Waals surface area contributed by atoms with Crippen molar-refractivity contribution >= 4 is 17.6 Å². The minimum Gasteiger partial charge on any atom is -0.496 e. The SMILES string of the molecule is COc1ccc([N+](=O)[O-])cc1COC(=O)C(CO)NC(=O)c1ccccc1. The number of aliphatic hydroxyl groups excluding tert-OH is 1. The number of carbonyl (C=O) groups excluding carboxylic acids is 2. The normalized spacial score (nSPS) is 11.3. The molecule has 9 heteroatoms. The molecule has 0 aliphatic rings. The lowest BCUT2D eigenvalue weighted by Crippen LogP contribution is -2.44. The van der Waals surface area contributed by atoms with E-state index in [9.17, 15) is 24.8 Å². The number of aliphatic hydroxyl groups is 1. The van der Waals surface area contributed by atoms with Crippen molar-refractivity contribution < 1.29 is 29.1 Å². The molecule has 2 rings (SSSR count). The van der Waals surface area contributed by atoms with Gasteiger partial charge in [-0.1, -0.05) is 18.2 Å². The second-order valence-corrected chi connectivity index (χ2v) is 5.44. The zero-order chi connectivity index (χ0) is 19.8. The predicted octanol–water partition coefficient (Wildman–Crippen LogP) is 1.44. The molecule has 1 unspecified atom stereocenters. The number of hydrogen-bond donors (Lipinski definition) is 2. The molecule has 2 N–H and O–H groups in total. The van der Waals surface area contributed by atoms with Gasteiger partial charge in [0.25, 0.3) is 11.6 Å². The molecule has 142 valence electrons. The lowest BCUT2D eigenvalue weighted by molar-refractivity contribution is -0.385. The summed E-state index contributed by atoms with van der Waals surface area (Å²) in [7, 11) is 1.38. The summed E-state index contributed by atoms with van der Waals surface area (Å²) in [5.74, 6) is -1.11. The summed E-state index contributed by atoms with van der Waals surface area (Å²) in [4.78, 5) is 34.5. The highest BCUT2D eigenvalue weighted by molar-refractivity contribution is 5.96. The van der Waals surface area contributed by atoms with Gasteiger partial charge in [-0.3, -0.25) is 14.9 Å². The molecule has 1 amide bonds. The number of nitro groups is 1. The topological polar surface area (TPSA) is 128 Å². The van der Waals surface area contributed by atoms with E-state index in [0.717, 1.165) is 0 Å². The average molecular weight is 374 g/mol. The van der Waals surface area contributed by atoms with Crippen LogP contribution < -0.4 is 10.1 Å². The fraction of sp³-hybridized carbons (Fsp3) is 0.222. The van der Waals surface area contributed by atoms with Crippen LogP contribution in [0.15, 0.2) is 48.5 Å². The van der Waals surface area contributed by atoms with E-state index in [4.69, 9.17) is 9.47 Å². The summed E-state index contributed by atoms with van der Waals surface area (Å²) < 4.78 is 10.2. The van der Waals surface area contributed by atoms with Crippen LogP contribution in [0.4, 0.5) is 5.69 Å². The Morgan fingerprint density at radius 3 is 2.52 bits per heavy atom. The monoisotopic (exact) mass is 374 g/mol. The third kappa shape index (κ3) is 5.25. The third-order valence-corrected chi connectivity index (χ3v) is 3.65. The van der Waals surface area contributed by atoms with Gasteiger partial charge in [-0.15, -0.1) is 0 Å². The molecule has 0 saturated carbocycles. The highest BCUT2D eigenvalue weighted by Gasteiger charge is 2.23. The van der Waals surface area contributed by atoms with Crippen molar-refractivity contribution in [1.82, 2.24) is 5.32 Å². The number of rotatable bonds is 8. The molecule has 1 atom stereocenters. The summed E-state index contributed by atoms with van der Waals surface area (Å²) in [6, 6.07) is 10.8. The number of nitrogens with zero attached hydrogens (tertiary/aromatic N) is 1. The van der Waals surface area contributed by atoms with Crippen molar-refractivity contribution in [3.8, 4) is 5.75 Å². The van der Waals surface area contributed by atoms with Crippen molar-refractivity contribution in [3.05, 3.63) is 69.8 Å². The van der Waals surface area contributed by atoms with Gasteiger partial charge in [0.15, 0.2) is 6.04 Å². The number of non-ortho nitro benzene ring substituents is 1. The maximum Gasteiger partial charge on any atom is 0.331 e. The molecule has 0 spiro atoms. The molecule has 0 aromatic heterocycles. The Kier molecular flexibility index (Phi) is 6.84. The van der Waals surface area contributed by atoms with Crippen LogP contribution in [0.25, 0.3) is 0 Å². The fourth-order valence-electron chi connectivity index (χ4n) is 2.25. The first-order valence-electron chi connectivity index (χ1n) is 7.91. The number of carbonyl (C=O) groups is 2. The summed E-state index contributed by atoms with van der Waals surface area (Å²) in [5.41, 5.74) is 0.424. The molecule has 0 heterocycles. The van der Waals surface area contributed by atoms with E-state index in [1.807, 2.05) is 0 Å². The molecule has 2 aromatic rings. The quantitative estimate of drug-likeness (QED) is 0.406. The van der Waals surface area contributed by atoms with E-state index >= 15 is 0 Å². The van der Waals surface area contributed by atoms with Gasteiger partial charge in [0.1, 0.15) is 12.4 Å². The van der Waals surface area contributed by atoms with Gasteiger partial charge in [-0.2, -0.15) is 0 Å². The number of amides is 1. The van der Waals surface area contributed by atoms with Gasteiger partial charge in [0.2, 0.25) is 0 Å². The van der Waals surface area contributed by atoms with Crippen molar-refractivity contribution in [2.24, 2.45) is 0 Å². The summed E-state index contributed by atoms with van der Waals surface area (Å²) in [6.07, 6.45) is 0. The zero-order valence-corrected chi connectivity index (χ0v) is 14.5. The van der Waals surface area contributed by atoms with Gasteiger partial charge in [-0.25, -0.2) is 4.79 Å².